The highest BCUT2D eigenvalue weighted by Gasteiger charge is 2.07. The number of methoxy groups -OCH3 is 1. The van der Waals surface area contributed by atoms with Crippen LogP contribution in [-0.2, 0) is 6.61 Å². The van der Waals surface area contributed by atoms with Gasteiger partial charge in [-0.05, 0) is 18.2 Å². The smallest absolute Gasteiger partial charge is 0.132 e. The van der Waals surface area contributed by atoms with Crippen LogP contribution in [-0.4, -0.2) is 22.2 Å². The summed E-state index contributed by atoms with van der Waals surface area (Å²) in [5, 5.41) is 9.48. The molecule has 0 unspecified atom stereocenters. The number of aromatic nitrogens is 2. The van der Waals surface area contributed by atoms with Gasteiger partial charge in [-0.2, -0.15) is 0 Å². The van der Waals surface area contributed by atoms with Crippen molar-refractivity contribution in [2.75, 3.05) is 7.11 Å². The van der Waals surface area contributed by atoms with E-state index >= 15 is 0 Å². The van der Waals surface area contributed by atoms with Crippen LogP contribution in [0.5, 0.6) is 5.75 Å². The number of hydrogen-bond acceptors (Lipinski definition) is 3. The van der Waals surface area contributed by atoms with Crippen LogP contribution in [0, 0.1) is 0 Å². The monoisotopic (exact) mass is 238 g/mol. The number of aromatic amines is 1. The Hall–Kier alpha value is -1.52. The highest BCUT2D eigenvalue weighted by atomic mass is 35.5. The van der Waals surface area contributed by atoms with Gasteiger partial charge in [0.2, 0.25) is 0 Å². The van der Waals surface area contributed by atoms with Crippen molar-refractivity contribution in [1.29, 1.82) is 0 Å². The maximum Gasteiger partial charge on any atom is 0.132 e. The Morgan fingerprint density at radius 1 is 1.50 bits per heavy atom. The summed E-state index contributed by atoms with van der Waals surface area (Å²) in [6.45, 7) is -0.117. The molecule has 0 aliphatic carbocycles. The molecule has 0 amide bonds. The lowest BCUT2D eigenvalue weighted by Crippen LogP contribution is -1.86. The number of halogens is 1. The zero-order valence-corrected chi connectivity index (χ0v) is 9.45. The van der Waals surface area contributed by atoms with Crippen molar-refractivity contribution in [2.45, 2.75) is 6.61 Å². The summed E-state index contributed by atoms with van der Waals surface area (Å²) in [6, 6.07) is 5.40. The van der Waals surface area contributed by atoms with Gasteiger partial charge in [0.05, 0.1) is 24.0 Å². The second kappa shape index (κ2) is 4.55. The summed E-state index contributed by atoms with van der Waals surface area (Å²) < 4.78 is 5.06. The molecule has 1 aromatic carbocycles. The molecule has 2 aromatic rings. The molecule has 0 spiro atoms. The van der Waals surface area contributed by atoms with E-state index in [0.29, 0.717) is 16.6 Å². The average molecular weight is 239 g/mol. The lowest BCUT2D eigenvalue weighted by Gasteiger charge is -2.04. The van der Waals surface area contributed by atoms with Crippen LogP contribution in [0.4, 0.5) is 0 Å². The van der Waals surface area contributed by atoms with Crippen molar-refractivity contribution >= 4 is 11.6 Å². The Morgan fingerprint density at radius 3 is 2.88 bits per heavy atom. The molecule has 1 aromatic heterocycles. The molecule has 5 heteroatoms. The third-order valence-electron chi connectivity index (χ3n) is 2.24. The van der Waals surface area contributed by atoms with Gasteiger partial charge in [-0.25, -0.2) is 4.98 Å². The lowest BCUT2D eigenvalue weighted by atomic mass is 10.1. The minimum Gasteiger partial charge on any atom is -0.497 e. The second-order valence-electron chi connectivity index (χ2n) is 3.25. The predicted octanol–water partition coefficient (Wildman–Crippen LogP) is 2.23. The Kier molecular flexibility index (Phi) is 3.12. The molecule has 2 N–H and O–H groups in total. The first kappa shape index (κ1) is 11.0. The molecular formula is C11H11ClN2O2. The Morgan fingerprint density at radius 2 is 2.31 bits per heavy atom. The molecule has 84 valence electrons. The maximum absolute atomic E-state index is 8.90. The van der Waals surface area contributed by atoms with E-state index in [1.165, 1.54) is 0 Å². The number of nitrogens with zero attached hydrogens (tertiary/aromatic N) is 1. The minimum atomic E-state index is -0.117. The lowest BCUT2D eigenvalue weighted by molar-refractivity contribution is 0.272. The summed E-state index contributed by atoms with van der Waals surface area (Å²) in [7, 11) is 1.59. The fourth-order valence-corrected chi connectivity index (χ4v) is 1.69. The third-order valence-corrected chi connectivity index (χ3v) is 2.56. The van der Waals surface area contributed by atoms with E-state index in [9.17, 15) is 0 Å². The second-order valence-corrected chi connectivity index (χ2v) is 3.65. The molecule has 0 atom stereocenters. The molecule has 0 fully saturated rings. The quantitative estimate of drug-likeness (QED) is 0.862. The highest BCUT2D eigenvalue weighted by molar-refractivity contribution is 6.33. The summed E-state index contributed by atoms with van der Waals surface area (Å²) in [5.74, 6) is 1.22. The molecule has 0 bridgehead atoms. The largest absolute Gasteiger partial charge is 0.497 e. The third kappa shape index (κ3) is 2.03. The molecule has 4 nitrogen and oxygen atoms in total. The number of aliphatic hydroxyl groups excluding tert-OH is 1. The number of rotatable bonds is 3. The Labute approximate surface area is 97.9 Å². The Balaban J connectivity index is 2.40. The van der Waals surface area contributed by atoms with E-state index in [2.05, 4.69) is 9.97 Å². The van der Waals surface area contributed by atoms with Crippen LogP contribution in [0.2, 0.25) is 5.02 Å². The van der Waals surface area contributed by atoms with E-state index in [1.807, 2.05) is 12.1 Å². The minimum absolute atomic E-state index is 0.117. The van der Waals surface area contributed by atoms with Crippen LogP contribution in [0.3, 0.4) is 0 Å². The van der Waals surface area contributed by atoms with Gasteiger partial charge >= 0.3 is 0 Å². The van der Waals surface area contributed by atoms with Crippen LogP contribution < -0.4 is 4.74 Å². The standard InChI is InChI=1S/C11H11ClN2O2/c1-16-7-2-3-8(9(12)4-7)10-5-13-11(6-15)14-10/h2-5,15H,6H2,1H3,(H,13,14). The van der Waals surface area contributed by atoms with Gasteiger partial charge in [-0.1, -0.05) is 11.6 Å². The fourth-order valence-electron chi connectivity index (χ4n) is 1.42. The SMILES string of the molecule is COc1ccc(-c2cnc(CO)[nH]2)c(Cl)c1. The van der Waals surface area contributed by atoms with Gasteiger partial charge in [0.25, 0.3) is 0 Å². The molecule has 1 heterocycles. The number of imidazole rings is 1. The normalized spacial score (nSPS) is 10.4. The molecule has 0 aliphatic heterocycles. The van der Waals surface area contributed by atoms with E-state index in [-0.39, 0.29) is 6.61 Å². The number of H-pyrrole nitrogens is 1. The topological polar surface area (TPSA) is 58.1 Å². The van der Waals surface area contributed by atoms with E-state index < -0.39 is 0 Å². The molecule has 0 radical (unpaired) electrons. The summed E-state index contributed by atoms with van der Waals surface area (Å²) in [5.41, 5.74) is 1.60. The van der Waals surface area contributed by atoms with Gasteiger partial charge in [-0.3, -0.25) is 0 Å². The van der Waals surface area contributed by atoms with Crippen LogP contribution in [0.25, 0.3) is 11.3 Å². The Bertz CT molecular complexity index is 496. The van der Waals surface area contributed by atoms with Crippen molar-refractivity contribution < 1.29 is 9.84 Å². The molecule has 0 saturated heterocycles. The first-order valence-corrected chi connectivity index (χ1v) is 5.11. The number of aliphatic hydroxyl groups is 1. The average Bonchev–Trinajstić information content (AvgIpc) is 2.77. The molecular weight excluding hydrogens is 228 g/mol. The number of hydrogen-bond donors (Lipinski definition) is 2. The van der Waals surface area contributed by atoms with Crippen LogP contribution in [0.15, 0.2) is 24.4 Å². The number of ether oxygens (including phenoxy) is 1. The summed E-state index contributed by atoms with van der Waals surface area (Å²) in [4.78, 5) is 6.97. The maximum atomic E-state index is 8.90. The van der Waals surface area contributed by atoms with Crippen LogP contribution >= 0.6 is 11.6 Å². The zero-order chi connectivity index (χ0) is 11.5. The zero-order valence-electron chi connectivity index (χ0n) is 8.70. The van der Waals surface area contributed by atoms with Gasteiger partial charge in [0.15, 0.2) is 0 Å². The van der Waals surface area contributed by atoms with Crippen LogP contribution in [0.1, 0.15) is 5.82 Å². The van der Waals surface area contributed by atoms with Crippen molar-refractivity contribution in [3.63, 3.8) is 0 Å². The van der Waals surface area contributed by atoms with Crippen molar-refractivity contribution in [3.8, 4) is 17.0 Å². The summed E-state index contributed by atoms with van der Waals surface area (Å²) in [6.07, 6.45) is 1.64. The van der Waals surface area contributed by atoms with Crippen molar-refractivity contribution in [2.24, 2.45) is 0 Å². The van der Waals surface area contributed by atoms with E-state index in [1.54, 1.807) is 19.4 Å². The van der Waals surface area contributed by atoms with Gasteiger partial charge in [0.1, 0.15) is 18.2 Å². The molecule has 0 saturated carbocycles. The highest BCUT2D eigenvalue weighted by Crippen LogP contribution is 2.29. The van der Waals surface area contributed by atoms with Gasteiger partial charge in [0, 0.05) is 5.56 Å². The van der Waals surface area contributed by atoms with Crippen molar-refractivity contribution in [1.82, 2.24) is 9.97 Å². The number of benzene rings is 1. The van der Waals surface area contributed by atoms with E-state index in [0.717, 1.165) is 11.3 Å². The molecule has 2 rings (SSSR count). The fraction of sp³-hybridized carbons (Fsp3) is 0.182. The summed E-state index contributed by atoms with van der Waals surface area (Å²) >= 11 is 6.10. The molecule has 0 aliphatic rings. The number of nitrogens with one attached hydrogen (secondary N) is 1. The van der Waals surface area contributed by atoms with Crippen molar-refractivity contribution in [3.05, 3.63) is 35.2 Å². The first-order valence-electron chi connectivity index (χ1n) is 4.73. The molecule has 16 heavy (non-hydrogen) atoms. The van der Waals surface area contributed by atoms with E-state index in [4.69, 9.17) is 21.4 Å². The van der Waals surface area contributed by atoms with Gasteiger partial charge in [-0.15, -0.1) is 0 Å². The first-order chi connectivity index (χ1) is 7.74. The van der Waals surface area contributed by atoms with Gasteiger partial charge < -0.3 is 14.8 Å². The predicted molar refractivity (Wildman–Crippen MR) is 61.5 cm³/mol.